The third-order valence-corrected chi connectivity index (χ3v) is 6.26. The summed E-state index contributed by atoms with van der Waals surface area (Å²) < 4.78 is 4.81. The van der Waals surface area contributed by atoms with Gasteiger partial charge in [-0.05, 0) is 42.8 Å². The van der Waals surface area contributed by atoms with Crippen molar-refractivity contribution in [1.29, 1.82) is 0 Å². The minimum atomic E-state index is -0.619. The second kappa shape index (κ2) is 11.2. The molecule has 0 aliphatic carbocycles. The van der Waals surface area contributed by atoms with Gasteiger partial charge in [-0.1, -0.05) is 37.0 Å². The van der Waals surface area contributed by atoms with Crippen LogP contribution in [0.3, 0.4) is 0 Å². The molecular weight excluding hydrogens is 518 g/mol. The number of nitrogens with zero attached hydrogens (tertiary/aromatic N) is 7. The van der Waals surface area contributed by atoms with Gasteiger partial charge in [0.25, 0.3) is 11.5 Å². The number of nitrogen functional groups attached to an aromatic ring is 1. The second-order valence-electron chi connectivity index (χ2n) is 9.23. The summed E-state index contributed by atoms with van der Waals surface area (Å²) in [6, 6.07) is 15.2. The number of hydrogen-bond acceptors (Lipinski definition) is 7. The van der Waals surface area contributed by atoms with Gasteiger partial charge in [0.2, 0.25) is 0 Å². The molecule has 11 nitrogen and oxygen atoms in total. The Morgan fingerprint density at radius 1 is 1.10 bits per heavy atom. The van der Waals surface area contributed by atoms with Gasteiger partial charge >= 0.3 is 0 Å². The molecule has 0 spiro atoms. The molecule has 0 bridgehead atoms. The molecule has 4 heterocycles. The lowest BCUT2D eigenvalue weighted by atomic mass is 10.1. The van der Waals surface area contributed by atoms with Crippen LogP contribution < -0.4 is 17.0 Å². The Morgan fingerprint density at radius 3 is 2.61 bits per heavy atom. The zero-order valence-corrected chi connectivity index (χ0v) is 22.7. The van der Waals surface area contributed by atoms with E-state index in [1.807, 2.05) is 69.6 Å². The fourth-order valence-electron chi connectivity index (χ4n) is 4.42. The fourth-order valence-corrected chi connectivity index (χ4v) is 4.42. The number of aromatic nitrogens is 7. The molecule has 204 valence electrons. The number of rotatable bonds is 3. The van der Waals surface area contributed by atoms with Gasteiger partial charge in [0.15, 0.2) is 11.5 Å². The Kier molecular flexibility index (Phi) is 7.30. The number of carbonyl (C=O) groups is 1. The minimum absolute atomic E-state index is 0.0939. The van der Waals surface area contributed by atoms with E-state index in [-0.39, 0.29) is 16.9 Å². The summed E-state index contributed by atoms with van der Waals surface area (Å²) in [7, 11) is 1.85. The minimum Gasteiger partial charge on any atom is -0.381 e. The van der Waals surface area contributed by atoms with Crippen molar-refractivity contribution >= 4 is 28.3 Å². The molecule has 6 aromatic rings. The lowest BCUT2D eigenvalue weighted by Gasteiger charge is -2.13. The Labute approximate surface area is 235 Å². The largest absolute Gasteiger partial charge is 0.381 e. The summed E-state index contributed by atoms with van der Waals surface area (Å²) in [4.78, 5) is 33.1. The molecule has 0 aliphatic rings. The number of amides is 1. The van der Waals surface area contributed by atoms with Crippen molar-refractivity contribution in [3.8, 4) is 17.5 Å². The van der Waals surface area contributed by atoms with E-state index >= 15 is 0 Å². The van der Waals surface area contributed by atoms with Crippen LogP contribution in [0.2, 0.25) is 0 Å². The number of primary amides is 1. The predicted molar refractivity (Wildman–Crippen MR) is 157 cm³/mol. The van der Waals surface area contributed by atoms with Gasteiger partial charge in [0.1, 0.15) is 11.4 Å². The molecular formula is C30H27N9O2. The highest BCUT2D eigenvalue weighted by atomic mass is 16.1. The maximum Gasteiger partial charge on any atom is 0.267 e. The van der Waals surface area contributed by atoms with Crippen LogP contribution in [-0.2, 0) is 13.5 Å². The summed E-state index contributed by atoms with van der Waals surface area (Å²) >= 11 is 0. The number of benzene rings is 2. The van der Waals surface area contributed by atoms with Crippen molar-refractivity contribution in [3.63, 3.8) is 0 Å². The predicted octanol–water partition coefficient (Wildman–Crippen LogP) is 2.80. The Hall–Kier alpha value is -5.76. The molecule has 41 heavy (non-hydrogen) atoms. The van der Waals surface area contributed by atoms with Crippen LogP contribution >= 0.6 is 0 Å². The summed E-state index contributed by atoms with van der Waals surface area (Å²) in [5.74, 6) is 6.44. The van der Waals surface area contributed by atoms with Crippen LogP contribution in [0.4, 0.5) is 5.82 Å². The molecule has 0 saturated heterocycles. The third kappa shape index (κ3) is 5.39. The number of aryl methyl sites for hydroxylation is 3. The summed E-state index contributed by atoms with van der Waals surface area (Å²) in [5.41, 5.74) is 15.1. The van der Waals surface area contributed by atoms with Gasteiger partial charge in [0, 0.05) is 37.6 Å². The number of nitrogens with two attached hydrogens (primary N) is 2. The Balaban J connectivity index is 0.000000216. The molecule has 0 fully saturated rings. The van der Waals surface area contributed by atoms with Gasteiger partial charge in [-0.15, -0.1) is 5.10 Å². The zero-order valence-electron chi connectivity index (χ0n) is 22.7. The summed E-state index contributed by atoms with van der Waals surface area (Å²) in [5, 5.41) is 8.53. The molecule has 1 amide bonds. The SMILES string of the molecule is CCc1nc2cccc(C#Cc3cnn(C)c3)c2c(=O)n1-c1cccc(C)c1.NC(=O)c1c(N)nn2cccnc12. The van der Waals surface area contributed by atoms with Crippen LogP contribution in [0.15, 0.2) is 78.1 Å². The number of fused-ring (bicyclic) bond motifs is 2. The quantitative estimate of drug-likeness (QED) is 0.324. The third-order valence-electron chi connectivity index (χ3n) is 6.26. The van der Waals surface area contributed by atoms with Crippen LogP contribution in [0.1, 0.15) is 39.8 Å². The molecule has 4 aromatic heterocycles. The Bertz CT molecular complexity index is 2040. The standard InChI is InChI=1S/C23H20N4O.C7H7N5O/c1-4-21-25-20-10-6-8-18(12-11-17-14-24-26(3)15-17)22(20)23(28)27(21)19-9-5-7-16(2)13-19;8-5-4(6(9)13)7-10-2-1-3-12(7)11-5/h5-10,13-15H,4H2,1-3H3;1-3H,(H2,8,11)(H2,9,13). The van der Waals surface area contributed by atoms with E-state index in [1.165, 1.54) is 4.52 Å². The molecule has 0 radical (unpaired) electrons. The van der Waals surface area contributed by atoms with Crippen molar-refractivity contribution in [2.45, 2.75) is 20.3 Å². The average molecular weight is 546 g/mol. The van der Waals surface area contributed by atoms with Crippen LogP contribution in [-0.4, -0.2) is 39.8 Å². The summed E-state index contributed by atoms with van der Waals surface area (Å²) in [6.07, 6.45) is 7.39. The number of anilines is 1. The molecule has 4 N–H and O–H groups in total. The number of hydrogen-bond donors (Lipinski definition) is 2. The molecule has 0 saturated carbocycles. The van der Waals surface area contributed by atoms with Crippen LogP contribution in [0.25, 0.3) is 22.2 Å². The lowest BCUT2D eigenvalue weighted by Crippen LogP contribution is -2.24. The molecule has 11 heteroatoms. The van der Waals surface area contributed by atoms with E-state index < -0.39 is 5.91 Å². The number of carbonyl (C=O) groups excluding carboxylic acids is 1. The van der Waals surface area contributed by atoms with E-state index in [0.29, 0.717) is 28.5 Å². The van der Waals surface area contributed by atoms with Crippen molar-refractivity contribution < 1.29 is 4.79 Å². The first-order valence-corrected chi connectivity index (χ1v) is 12.8. The normalized spacial score (nSPS) is 10.6. The van der Waals surface area contributed by atoms with Gasteiger partial charge in [-0.3, -0.25) is 18.8 Å². The first kappa shape index (κ1) is 26.8. The van der Waals surface area contributed by atoms with E-state index in [0.717, 1.165) is 22.6 Å². The van der Waals surface area contributed by atoms with Crippen LogP contribution in [0.5, 0.6) is 0 Å². The van der Waals surface area contributed by atoms with Gasteiger partial charge in [0.05, 0.1) is 28.4 Å². The zero-order chi connectivity index (χ0) is 29.1. The van der Waals surface area contributed by atoms with E-state index in [1.54, 1.807) is 33.9 Å². The van der Waals surface area contributed by atoms with Gasteiger partial charge in [-0.25, -0.2) is 14.5 Å². The molecule has 6 rings (SSSR count). The fraction of sp³-hybridized carbons (Fsp3) is 0.133. The van der Waals surface area contributed by atoms with Gasteiger partial charge in [-0.2, -0.15) is 5.10 Å². The summed E-state index contributed by atoms with van der Waals surface area (Å²) in [6.45, 7) is 4.02. The maximum atomic E-state index is 13.5. The van der Waals surface area contributed by atoms with Crippen LogP contribution in [0, 0.1) is 18.8 Å². The van der Waals surface area contributed by atoms with Crippen molar-refractivity contribution in [3.05, 3.63) is 112 Å². The highest BCUT2D eigenvalue weighted by molar-refractivity contribution is 6.03. The first-order chi connectivity index (χ1) is 19.8. The first-order valence-electron chi connectivity index (χ1n) is 12.8. The smallest absolute Gasteiger partial charge is 0.267 e. The highest BCUT2D eigenvalue weighted by Gasteiger charge is 2.16. The van der Waals surface area contributed by atoms with Gasteiger partial charge < -0.3 is 11.5 Å². The molecule has 0 unspecified atom stereocenters. The highest BCUT2D eigenvalue weighted by Crippen LogP contribution is 2.18. The second-order valence-corrected chi connectivity index (χ2v) is 9.23. The maximum absolute atomic E-state index is 13.5. The van der Waals surface area contributed by atoms with Crippen molar-refractivity contribution in [2.75, 3.05) is 5.73 Å². The van der Waals surface area contributed by atoms with E-state index in [9.17, 15) is 9.59 Å². The average Bonchev–Trinajstić information content (AvgIpc) is 3.53. The molecule has 0 aliphatic heterocycles. The molecule has 2 aromatic carbocycles. The van der Waals surface area contributed by atoms with E-state index in [2.05, 4.69) is 27.0 Å². The lowest BCUT2D eigenvalue weighted by molar-refractivity contribution is 0.100. The monoisotopic (exact) mass is 545 g/mol. The molecule has 0 atom stereocenters. The van der Waals surface area contributed by atoms with Crippen molar-refractivity contribution in [2.24, 2.45) is 12.8 Å². The van der Waals surface area contributed by atoms with E-state index in [4.69, 9.17) is 16.5 Å². The Morgan fingerprint density at radius 2 is 1.90 bits per heavy atom. The van der Waals surface area contributed by atoms with Crippen molar-refractivity contribution in [1.82, 2.24) is 33.9 Å². The topological polar surface area (TPSA) is 152 Å².